The summed E-state index contributed by atoms with van der Waals surface area (Å²) in [4.78, 5) is 19.8. The van der Waals surface area contributed by atoms with Crippen molar-refractivity contribution in [3.05, 3.63) is 66.9 Å². The molecule has 2 aromatic heterocycles. The van der Waals surface area contributed by atoms with Crippen LogP contribution in [0.15, 0.2) is 66.9 Å². The van der Waals surface area contributed by atoms with Crippen molar-refractivity contribution < 1.29 is 9.53 Å². The zero-order valence-corrected chi connectivity index (χ0v) is 20.9. The Morgan fingerprint density at radius 3 is 2.65 bits per heavy atom. The average molecular weight is 492 g/mol. The van der Waals surface area contributed by atoms with E-state index >= 15 is 0 Å². The smallest absolute Gasteiger partial charge is 0.225 e. The topological polar surface area (TPSA) is 76.0 Å². The fourth-order valence-corrected chi connectivity index (χ4v) is 5.65. The highest BCUT2D eigenvalue weighted by atomic mass is 16.5. The van der Waals surface area contributed by atoms with Gasteiger partial charge in [-0.25, -0.2) is 4.98 Å². The Labute approximate surface area is 215 Å². The first-order chi connectivity index (χ1) is 18.2. The lowest BCUT2D eigenvalue weighted by atomic mass is 10.0. The number of nitrogens with zero attached hydrogens (tertiary/aromatic N) is 4. The predicted octanol–water partition coefficient (Wildman–Crippen LogP) is 5.51. The van der Waals surface area contributed by atoms with Gasteiger partial charge in [0.25, 0.3) is 0 Å². The predicted molar refractivity (Wildman–Crippen MR) is 144 cm³/mol. The Morgan fingerprint density at radius 1 is 1.03 bits per heavy atom. The minimum Gasteiger partial charge on any atom is -0.494 e. The molecule has 2 fully saturated rings. The van der Waals surface area contributed by atoms with Crippen LogP contribution in [0.25, 0.3) is 44.5 Å². The largest absolute Gasteiger partial charge is 0.494 e. The van der Waals surface area contributed by atoms with Crippen molar-refractivity contribution in [3.8, 4) is 28.3 Å². The van der Waals surface area contributed by atoms with E-state index in [9.17, 15) is 4.79 Å². The number of para-hydroxylation sites is 1. The molecule has 1 aliphatic carbocycles. The fourth-order valence-electron chi connectivity index (χ4n) is 5.65. The number of aromatic amines is 1. The summed E-state index contributed by atoms with van der Waals surface area (Å²) in [6.07, 6.45) is 4.99. The van der Waals surface area contributed by atoms with Crippen LogP contribution in [0.3, 0.4) is 0 Å². The molecule has 3 aromatic carbocycles. The molecular weight excluding hydrogens is 462 g/mol. The van der Waals surface area contributed by atoms with Crippen LogP contribution in [-0.2, 0) is 11.3 Å². The number of ether oxygens (including phenoxy) is 1. The van der Waals surface area contributed by atoms with E-state index in [0.717, 1.165) is 89.1 Å². The van der Waals surface area contributed by atoms with Gasteiger partial charge < -0.3 is 14.2 Å². The SMILES string of the molecule is COc1cccc2c1nc(-c1ccc(-c3ccc4[nH]ncc4c3)cc1)n2C[C@H]1CCN(C(=O)C2CC2)C1. The number of nitrogens with one attached hydrogen (secondary N) is 1. The van der Waals surface area contributed by atoms with Crippen LogP contribution >= 0.6 is 0 Å². The number of hydrogen-bond acceptors (Lipinski definition) is 4. The van der Waals surface area contributed by atoms with Crippen LogP contribution < -0.4 is 4.74 Å². The second-order valence-corrected chi connectivity index (χ2v) is 10.3. The lowest BCUT2D eigenvalue weighted by molar-refractivity contribution is -0.131. The number of H-pyrrole nitrogens is 1. The molecule has 1 aliphatic heterocycles. The molecule has 0 radical (unpaired) electrons. The van der Waals surface area contributed by atoms with Gasteiger partial charge in [-0.2, -0.15) is 5.10 Å². The van der Waals surface area contributed by atoms with Crippen LogP contribution in [-0.4, -0.2) is 50.8 Å². The molecule has 3 heterocycles. The van der Waals surface area contributed by atoms with Gasteiger partial charge in [-0.1, -0.05) is 36.4 Å². The van der Waals surface area contributed by atoms with Gasteiger partial charge in [-0.15, -0.1) is 0 Å². The molecule has 7 heteroatoms. The van der Waals surface area contributed by atoms with Gasteiger partial charge in [-0.05, 0) is 60.6 Å². The van der Waals surface area contributed by atoms with E-state index in [1.54, 1.807) is 7.11 Å². The van der Waals surface area contributed by atoms with Crippen molar-refractivity contribution in [1.29, 1.82) is 0 Å². The molecule has 1 atom stereocenters. The number of amides is 1. The van der Waals surface area contributed by atoms with E-state index in [-0.39, 0.29) is 5.92 Å². The minimum absolute atomic E-state index is 0.278. The first-order valence-electron chi connectivity index (χ1n) is 13.0. The van der Waals surface area contributed by atoms with Crippen molar-refractivity contribution in [1.82, 2.24) is 24.6 Å². The molecule has 186 valence electrons. The van der Waals surface area contributed by atoms with Crippen LogP contribution in [0.1, 0.15) is 19.3 Å². The second-order valence-electron chi connectivity index (χ2n) is 10.3. The molecule has 0 bridgehead atoms. The summed E-state index contributed by atoms with van der Waals surface area (Å²) < 4.78 is 7.97. The summed E-state index contributed by atoms with van der Waals surface area (Å²) in [6, 6.07) is 21.0. The molecule has 1 saturated heterocycles. The van der Waals surface area contributed by atoms with Gasteiger partial charge in [0.1, 0.15) is 17.1 Å². The first-order valence-corrected chi connectivity index (χ1v) is 13.0. The number of carbonyl (C=O) groups excluding carboxylic acids is 1. The van der Waals surface area contributed by atoms with E-state index in [2.05, 4.69) is 68.2 Å². The highest BCUT2D eigenvalue weighted by Crippen LogP contribution is 2.36. The third-order valence-corrected chi connectivity index (χ3v) is 7.84. The molecular formula is C30H29N5O2. The Bertz CT molecular complexity index is 1610. The summed E-state index contributed by atoms with van der Waals surface area (Å²) in [6.45, 7) is 2.52. The fraction of sp³-hybridized carbons (Fsp3) is 0.300. The number of imidazole rings is 1. The van der Waals surface area contributed by atoms with E-state index in [0.29, 0.717) is 11.8 Å². The number of likely N-dealkylation sites (tertiary alicyclic amines) is 1. The normalized spacial score (nSPS) is 17.6. The third kappa shape index (κ3) is 3.95. The zero-order chi connectivity index (χ0) is 24.9. The molecule has 5 aromatic rings. The molecule has 7 nitrogen and oxygen atoms in total. The van der Waals surface area contributed by atoms with Crippen molar-refractivity contribution in [2.45, 2.75) is 25.8 Å². The molecule has 7 rings (SSSR count). The number of aromatic nitrogens is 4. The number of hydrogen-bond donors (Lipinski definition) is 1. The molecule has 1 saturated carbocycles. The Morgan fingerprint density at radius 2 is 1.84 bits per heavy atom. The van der Waals surface area contributed by atoms with Crippen LogP contribution in [0, 0.1) is 11.8 Å². The number of fused-ring (bicyclic) bond motifs is 2. The maximum Gasteiger partial charge on any atom is 0.225 e. The number of methoxy groups -OCH3 is 1. The van der Waals surface area contributed by atoms with Crippen molar-refractivity contribution in [3.63, 3.8) is 0 Å². The van der Waals surface area contributed by atoms with Crippen molar-refractivity contribution in [2.75, 3.05) is 20.2 Å². The zero-order valence-electron chi connectivity index (χ0n) is 20.9. The van der Waals surface area contributed by atoms with Gasteiger partial charge in [0.15, 0.2) is 0 Å². The summed E-state index contributed by atoms with van der Waals surface area (Å²) >= 11 is 0. The summed E-state index contributed by atoms with van der Waals surface area (Å²) in [7, 11) is 1.69. The number of carbonyl (C=O) groups is 1. The van der Waals surface area contributed by atoms with Gasteiger partial charge in [-0.3, -0.25) is 9.89 Å². The Balaban J connectivity index is 1.23. The van der Waals surface area contributed by atoms with Crippen LogP contribution in [0.5, 0.6) is 5.75 Å². The van der Waals surface area contributed by atoms with Gasteiger partial charge >= 0.3 is 0 Å². The highest BCUT2D eigenvalue weighted by molar-refractivity contribution is 5.87. The molecule has 2 aliphatic rings. The molecule has 1 N–H and O–H groups in total. The standard InChI is InChI=1S/C30H29N5O2/c1-37-27-4-2-3-26-28(27)32-29(35(26)18-19-13-14-34(17-19)30(36)22-9-10-22)21-7-5-20(6-8-21)23-11-12-25-24(15-23)16-31-33-25/h2-8,11-12,15-16,19,22H,9-10,13-14,17-18H2,1H3,(H,31,33)/t19-/m0/s1. The van der Waals surface area contributed by atoms with Crippen LogP contribution in [0.2, 0.25) is 0 Å². The molecule has 0 unspecified atom stereocenters. The molecule has 37 heavy (non-hydrogen) atoms. The minimum atomic E-state index is 0.278. The Hall–Kier alpha value is -4.13. The van der Waals surface area contributed by atoms with E-state index in [1.807, 2.05) is 18.3 Å². The summed E-state index contributed by atoms with van der Waals surface area (Å²) in [5.41, 5.74) is 6.34. The lowest BCUT2D eigenvalue weighted by Gasteiger charge is -2.18. The second kappa shape index (κ2) is 8.76. The summed E-state index contributed by atoms with van der Waals surface area (Å²) in [5, 5.41) is 8.24. The number of rotatable bonds is 6. The van der Waals surface area contributed by atoms with E-state index in [1.165, 1.54) is 0 Å². The molecule has 1 amide bonds. The highest BCUT2D eigenvalue weighted by Gasteiger charge is 2.36. The quantitative estimate of drug-likeness (QED) is 0.340. The average Bonchev–Trinajstić information content (AvgIpc) is 3.32. The van der Waals surface area contributed by atoms with Crippen molar-refractivity contribution >= 4 is 27.8 Å². The Kier molecular flexibility index (Phi) is 5.23. The van der Waals surface area contributed by atoms with E-state index < -0.39 is 0 Å². The van der Waals surface area contributed by atoms with E-state index in [4.69, 9.17) is 9.72 Å². The lowest BCUT2D eigenvalue weighted by Crippen LogP contribution is -2.30. The maximum atomic E-state index is 12.6. The monoisotopic (exact) mass is 491 g/mol. The first kappa shape index (κ1) is 22.1. The van der Waals surface area contributed by atoms with Crippen molar-refractivity contribution in [2.24, 2.45) is 11.8 Å². The number of benzene rings is 3. The maximum absolute atomic E-state index is 12.6. The van der Waals surface area contributed by atoms with Gasteiger partial charge in [0.05, 0.1) is 24.3 Å². The van der Waals surface area contributed by atoms with Gasteiger partial charge in [0, 0.05) is 36.5 Å². The third-order valence-electron chi connectivity index (χ3n) is 7.84. The van der Waals surface area contributed by atoms with Gasteiger partial charge in [0.2, 0.25) is 5.91 Å². The molecule has 0 spiro atoms. The summed E-state index contributed by atoms with van der Waals surface area (Å²) in [5.74, 6) is 2.75. The van der Waals surface area contributed by atoms with Crippen LogP contribution in [0.4, 0.5) is 0 Å².